The van der Waals surface area contributed by atoms with E-state index in [4.69, 9.17) is 4.74 Å². The van der Waals surface area contributed by atoms with Crippen LogP contribution in [0.5, 0.6) is 0 Å². The van der Waals surface area contributed by atoms with Gasteiger partial charge in [0.1, 0.15) is 0 Å². The predicted octanol–water partition coefficient (Wildman–Crippen LogP) is 2.07. The Kier molecular flexibility index (Phi) is 8.13. The molecule has 1 aromatic rings. The van der Waals surface area contributed by atoms with Crippen LogP contribution in [-0.2, 0) is 17.8 Å². The minimum Gasteiger partial charge on any atom is -0.383 e. The van der Waals surface area contributed by atoms with Crippen molar-refractivity contribution in [1.82, 2.24) is 15.1 Å². The lowest BCUT2D eigenvalue weighted by molar-refractivity contribution is 0.199. The van der Waals surface area contributed by atoms with Crippen LogP contribution < -0.4 is 5.32 Å². The first-order valence-electron chi connectivity index (χ1n) is 6.58. The van der Waals surface area contributed by atoms with Crippen molar-refractivity contribution < 1.29 is 4.74 Å². The molecule has 0 unspecified atom stereocenters. The van der Waals surface area contributed by atoms with Crippen LogP contribution in [0.2, 0.25) is 0 Å². The van der Waals surface area contributed by atoms with Gasteiger partial charge in [0.15, 0.2) is 0 Å². The Morgan fingerprint density at radius 2 is 2.33 bits per heavy atom. The molecule has 1 aromatic heterocycles. The summed E-state index contributed by atoms with van der Waals surface area (Å²) in [6, 6.07) is 0. The Morgan fingerprint density at radius 3 is 3.06 bits per heavy atom. The highest BCUT2D eigenvalue weighted by Crippen LogP contribution is 2.07. The normalized spacial score (nSPS) is 11.1. The monoisotopic (exact) mass is 271 g/mol. The van der Waals surface area contributed by atoms with Crippen molar-refractivity contribution in [3.05, 3.63) is 17.5 Å². The van der Waals surface area contributed by atoms with Gasteiger partial charge < -0.3 is 10.1 Å². The van der Waals surface area contributed by atoms with E-state index in [0.717, 1.165) is 31.9 Å². The largest absolute Gasteiger partial charge is 0.383 e. The van der Waals surface area contributed by atoms with E-state index in [0.29, 0.717) is 0 Å². The van der Waals surface area contributed by atoms with Gasteiger partial charge in [0, 0.05) is 38.5 Å². The van der Waals surface area contributed by atoms with Gasteiger partial charge in [0.2, 0.25) is 0 Å². The Balaban J connectivity index is 2.29. The molecule has 0 fully saturated rings. The summed E-state index contributed by atoms with van der Waals surface area (Å²) in [6.45, 7) is 7.80. The molecule has 0 radical (unpaired) electrons. The third-order valence-electron chi connectivity index (χ3n) is 2.73. The van der Waals surface area contributed by atoms with Crippen molar-refractivity contribution in [3.63, 3.8) is 0 Å². The maximum atomic E-state index is 5.01. The molecule has 1 N–H and O–H groups in total. The minimum absolute atomic E-state index is 0.751. The quantitative estimate of drug-likeness (QED) is 0.661. The van der Waals surface area contributed by atoms with E-state index in [-0.39, 0.29) is 0 Å². The lowest BCUT2D eigenvalue weighted by Gasteiger charge is -2.02. The van der Waals surface area contributed by atoms with E-state index in [1.807, 2.05) is 11.8 Å². The number of nitrogens with one attached hydrogen (secondary N) is 1. The Bertz CT molecular complexity index is 328. The first-order valence-corrected chi connectivity index (χ1v) is 7.73. The lowest BCUT2D eigenvalue weighted by Crippen LogP contribution is -2.18. The van der Waals surface area contributed by atoms with Gasteiger partial charge in [-0.25, -0.2) is 0 Å². The van der Waals surface area contributed by atoms with Crippen LogP contribution in [-0.4, -0.2) is 41.5 Å². The van der Waals surface area contributed by atoms with Crippen molar-refractivity contribution in [2.75, 3.05) is 31.8 Å². The smallest absolute Gasteiger partial charge is 0.0638 e. The van der Waals surface area contributed by atoms with Gasteiger partial charge in [0.05, 0.1) is 12.3 Å². The number of thioether (sulfide) groups is 1. The van der Waals surface area contributed by atoms with Crippen LogP contribution in [0.25, 0.3) is 0 Å². The van der Waals surface area contributed by atoms with Crippen LogP contribution in [0.3, 0.4) is 0 Å². The van der Waals surface area contributed by atoms with Gasteiger partial charge in [0.25, 0.3) is 0 Å². The van der Waals surface area contributed by atoms with Crippen LogP contribution >= 0.6 is 11.8 Å². The van der Waals surface area contributed by atoms with Gasteiger partial charge in [-0.05, 0) is 24.9 Å². The van der Waals surface area contributed by atoms with Crippen molar-refractivity contribution in [3.8, 4) is 0 Å². The van der Waals surface area contributed by atoms with Gasteiger partial charge in [-0.2, -0.15) is 16.9 Å². The average molecular weight is 271 g/mol. The minimum atomic E-state index is 0.751. The molecular weight excluding hydrogens is 246 g/mol. The summed E-state index contributed by atoms with van der Waals surface area (Å²) in [5.74, 6) is 2.42. The summed E-state index contributed by atoms with van der Waals surface area (Å²) in [5.41, 5.74) is 2.41. The zero-order chi connectivity index (χ0) is 13.2. The maximum Gasteiger partial charge on any atom is 0.0638 e. The lowest BCUT2D eigenvalue weighted by atomic mass is 10.2. The van der Waals surface area contributed by atoms with Crippen LogP contribution in [0.15, 0.2) is 6.20 Å². The number of rotatable bonds is 10. The second-order valence-electron chi connectivity index (χ2n) is 4.22. The van der Waals surface area contributed by atoms with Gasteiger partial charge in [-0.3, -0.25) is 4.68 Å². The van der Waals surface area contributed by atoms with Crippen molar-refractivity contribution in [2.45, 2.75) is 33.4 Å². The summed E-state index contributed by atoms with van der Waals surface area (Å²) in [6.07, 6.45) is 3.35. The molecule has 0 saturated heterocycles. The molecule has 5 heteroatoms. The number of methoxy groups -OCH3 is 1. The number of hydrogen-bond acceptors (Lipinski definition) is 4. The average Bonchev–Trinajstić information content (AvgIpc) is 2.71. The molecule has 104 valence electrons. The van der Waals surface area contributed by atoms with Crippen LogP contribution in [0.1, 0.15) is 24.6 Å². The molecule has 0 aromatic carbocycles. The van der Waals surface area contributed by atoms with E-state index in [1.54, 1.807) is 7.11 Å². The Labute approximate surface area is 114 Å². The summed E-state index contributed by atoms with van der Waals surface area (Å²) < 4.78 is 7.07. The molecule has 1 heterocycles. The predicted molar refractivity (Wildman–Crippen MR) is 78.2 cm³/mol. The van der Waals surface area contributed by atoms with E-state index in [1.165, 1.54) is 23.5 Å². The first kappa shape index (κ1) is 15.5. The number of hydrogen-bond donors (Lipinski definition) is 1. The van der Waals surface area contributed by atoms with Gasteiger partial charge in [-0.1, -0.05) is 6.92 Å². The molecule has 0 aliphatic heterocycles. The van der Waals surface area contributed by atoms with E-state index in [9.17, 15) is 0 Å². The van der Waals surface area contributed by atoms with Crippen LogP contribution in [0, 0.1) is 6.92 Å². The number of aromatic nitrogens is 2. The standard InChI is InChI=1S/C13H25N3OS/c1-4-18-9-5-7-16-11-13(12(2)15-16)10-14-6-8-17-3/h11,14H,4-10H2,1-3H3. The Morgan fingerprint density at radius 1 is 1.50 bits per heavy atom. The number of ether oxygens (including phenoxy) is 1. The van der Waals surface area contributed by atoms with E-state index < -0.39 is 0 Å². The topological polar surface area (TPSA) is 39.1 Å². The molecule has 0 atom stereocenters. The highest BCUT2D eigenvalue weighted by molar-refractivity contribution is 7.99. The molecule has 0 amide bonds. The van der Waals surface area contributed by atoms with Gasteiger partial charge in [-0.15, -0.1) is 0 Å². The molecule has 4 nitrogen and oxygen atoms in total. The zero-order valence-electron chi connectivity index (χ0n) is 11.7. The molecule has 0 aliphatic carbocycles. The summed E-state index contributed by atoms with van der Waals surface area (Å²) in [4.78, 5) is 0. The number of aryl methyl sites for hydroxylation is 2. The fraction of sp³-hybridized carbons (Fsp3) is 0.769. The molecular formula is C13H25N3OS. The fourth-order valence-corrected chi connectivity index (χ4v) is 2.34. The van der Waals surface area contributed by atoms with Crippen molar-refractivity contribution >= 4 is 11.8 Å². The summed E-state index contributed by atoms with van der Waals surface area (Å²) in [7, 11) is 1.72. The maximum absolute atomic E-state index is 5.01. The molecule has 0 saturated carbocycles. The van der Waals surface area contributed by atoms with Gasteiger partial charge >= 0.3 is 0 Å². The van der Waals surface area contributed by atoms with Crippen LogP contribution in [0.4, 0.5) is 0 Å². The SMILES string of the molecule is CCSCCCn1cc(CNCCOC)c(C)n1. The highest BCUT2D eigenvalue weighted by Gasteiger charge is 2.04. The molecule has 0 aliphatic rings. The third-order valence-corrected chi connectivity index (χ3v) is 3.71. The second kappa shape index (κ2) is 9.42. The summed E-state index contributed by atoms with van der Waals surface area (Å²) in [5, 5.41) is 7.89. The van der Waals surface area contributed by atoms with E-state index >= 15 is 0 Å². The second-order valence-corrected chi connectivity index (χ2v) is 5.62. The Hall–Kier alpha value is -0.520. The summed E-state index contributed by atoms with van der Waals surface area (Å²) >= 11 is 1.99. The fourth-order valence-electron chi connectivity index (χ4n) is 1.72. The van der Waals surface area contributed by atoms with E-state index in [2.05, 4.69) is 35.1 Å². The van der Waals surface area contributed by atoms with Crippen molar-refractivity contribution in [1.29, 1.82) is 0 Å². The molecule has 18 heavy (non-hydrogen) atoms. The van der Waals surface area contributed by atoms with Crippen molar-refractivity contribution in [2.24, 2.45) is 0 Å². The molecule has 0 bridgehead atoms. The third kappa shape index (κ3) is 5.89. The zero-order valence-corrected chi connectivity index (χ0v) is 12.6. The first-order chi connectivity index (χ1) is 8.77. The highest BCUT2D eigenvalue weighted by atomic mass is 32.2. The number of nitrogens with zero attached hydrogens (tertiary/aromatic N) is 2. The molecule has 0 spiro atoms. The molecule has 1 rings (SSSR count).